The summed E-state index contributed by atoms with van der Waals surface area (Å²) in [5.41, 5.74) is -0.0942. The summed E-state index contributed by atoms with van der Waals surface area (Å²) < 4.78 is 55.0. The molecule has 140 valence electrons. The SMILES string of the molecule is CC(CC(=O)Nc1cc(F)ccc1OCC(F)(F)F)C1CCCNC1. The van der Waals surface area contributed by atoms with Crippen molar-refractivity contribution in [2.24, 2.45) is 11.8 Å². The minimum Gasteiger partial charge on any atom is -0.482 e. The van der Waals surface area contributed by atoms with Crippen molar-refractivity contribution in [3.63, 3.8) is 0 Å². The van der Waals surface area contributed by atoms with E-state index >= 15 is 0 Å². The highest BCUT2D eigenvalue weighted by atomic mass is 19.4. The van der Waals surface area contributed by atoms with Gasteiger partial charge in [0.15, 0.2) is 6.61 Å². The molecule has 1 heterocycles. The number of hydrogen-bond acceptors (Lipinski definition) is 3. The molecule has 1 saturated heterocycles. The minimum atomic E-state index is -4.52. The number of nitrogens with one attached hydrogen (secondary N) is 2. The first-order valence-electron chi connectivity index (χ1n) is 8.24. The third-order valence-electron chi connectivity index (χ3n) is 4.25. The Morgan fingerprint density at radius 2 is 2.20 bits per heavy atom. The monoisotopic (exact) mass is 362 g/mol. The number of piperidine rings is 1. The smallest absolute Gasteiger partial charge is 0.422 e. The summed E-state index contributed by atoms with van der Waals surface area (Å²) in [6.45, 7) is 2.27. The molecule has 1 amide bonds. The Bertz CT molecular complexity index is 587. The number of carbonyl (C=O) groups is 1. The average molecular weight is 362 g/mol. The highest BCUT2D eigenvalue weighted by Gasteiger charge is 2.29. The Kier molecular flexibility index (Phi) is 6.64. The maximum absolute atomic E-state index is 13.4. The molecule has 2 unspecified atom stereocenters. The third-order valence-corrected chi connectivity index (χ3v) is 4.25. The maximum atomic E-state index is 13.4. The van der Waals surface area contributed by atoms with Crippen LogP contribution in [0.1, 0.15) is 26.2 Å². The molecule has 1 aliphatic rings. The van der Waals surface area contributed by atoms with Crippen LogP contribution in [0, 0.1) is 17.7 Å². The van der Waals surface area contributed by atoms with Crippen molar-refractivity contribution in [2.45, 2.75) is 32.4 Å². The number of rotatable bonds is 6. The molecule has 0 aromatic heterocycles. The van der Waals surface area contributed by atoms with Crippen LogP contribution in [-0.2, 0) is 4.79 Å². The van der Waals surface area contributed by atoms with Crippen LogP contribution < -0.4 is 15.4 Å². The second kappa shape index (κ2) is 8.51. The van der Waals surface area contributed by atoms with Crippen LogP contribution >= 0.6 is 0 Å². The van der Waals surface area contributed by atoms with Gasteiger partial charge >= 0.3 is 6.18 Å². The van der Waals surface area contributed by atoms with E-state index in [2.05, 4.69) is 15.4 Å². The second-order valence-electron chi connectivity index (χ2n) is 6.38. The van der Waals surface area contributed by atoms with Crippen molar-refractivity contribution in [3.8, 4) is 5.75 Å². The highest BCUT2D eigenvalue weighted by molar-refractivity contribution is 5.92. The van der Waals surface area contributed by atoms with Crippen LogP contribution in [-0.4, -0.2) is 31.8 Å². The lowest BCUT2D eigenvalue weighted by Crippen LogP contribution is -2.34. The molecule has 1 fully saturated rings. The zero-order valence-corrected chi connectivity index (χ0v) is 14.0. The van der Waals surface area contributed by atoms with Gasteiger partial charge in [-0.2, -0.15) is 13.2 Å². The lowest BCUT2D eigenvalue weighted by atomic mass is 9.85. The van der Waals surface area contributed by atoms with Crippen LogP contribution in [0.25, 0.3) is 0 Å². The number of halogens is 4. The fourth-order valence-corrected chi connectivity index (χ4v) is 2.91. The van der Waals surface area contributed by atoms with Crippen molar-refractivity contribution < 1.29 is 27.1 Å². The summed E-state index contributed by atoms with van der Waals surface area (Å²) in [4.78, 5) is 12.2. The number of alkyl halides is 3. The first kappa shape index (κ1) is 19.5. The number of carbonyl (C=O) groups excluding carboxylic acids is 1. The van der Waals surface area contributed by atoms with Crippen molar-refractivity contribution in [2.75, 3.05) is 25.0 Å². The molecule has 8 heteroatoms. The van der Waals surface area contributed by atoms with Gasteiger partial charge in [0, 0.05) is 12.5 Å². The van der Waals surface area contributed by atoms with Gasteiger partial charge in [-0.05, 0) is 49.9 Å². The Labute approximate surface area is 143 Å². The quantitative estimate of drug-likeness (QED) is 0.758. The van der Waals surface area contributed by atoms with Gasteiger partial charge in [-0.15, -0.1) is 0 Å². The molecule has 0 spiro atoms. The molecular weight excluding hydrogens is 340 g/mol. The molecule has 1 aliphatic heterocycles. The van der Waals surface area contributed by atoms with Crippen molar-refractivity contribution >= 4 is 11.6 Å². The molecule has 25 heavy (non-hydrogen) atoms. The number of amides is 1. The summed E-state index contributed by atoms with van der Waals surface area (Å²) in [5.74, 6) is -0.771. The fraction of sp³-hybridized carbons (Fsp3) is 0.588. The molecule has 0 radical (unpaired) electrons. The average Bonchev–Trinajstić information content (AvgIpc) is 2.54. The van der Waals surface area contributed by atoms with Crippen LogP contribution in [0.4, 0.5) is 23.2 Å². The largest absolute Gasteiger partial charge is 0.482 e. The normalized spacial score (nSPS) is 19.3. The summed E-state index contributed by atoms with van der Waals surface area (Å²) in [6, 6.07) is 3.01. The van der Waals surface area contributed by atoms with Gasteiger partial charge in [-0.25, -0.2) is 4.39 Å². The number of benzene rings is 1. The van der Waals surface area contributed by atoms with E-state index in [-0.39, 0.29) is 29.7 Å². The van der Waals surface area contributed by atoms with Gasteiger partial charge in [0.1, 0.15) is 11.6 Å². The summed E-state index contributed by atoms with van der Waals surface area (Å²) in [5, 5.41) is 5.74. The highest BCUT2D eigenvalue weighted by Crippen LogP contribution is 2.29. The van der Waals surface area contributed by atoms with Crippen LogP contribution in [0.5, 0.6) is 5.75 Å². The van der Waals surface area contributed by atoms with Gasteiger partial charge in [0.25, 0.3) is 0 Å². The van der Waals surface area contributed by atoms with E-state index in [9.17, 15) is 22.4 Å². The number of anilines is 1. The molecule has 0 bridgehead atoms. The van der Waals surface area contributed by atoms with Crippen LogP contribution in [0.2, 0.25) is 0 Å². The van der Waals surface area contributed by atoms with Crippen LogP contribution in [0.15, 0.2) is 18.2 Å². The lowest BCUT2D eigenvalue weighted by molar-refractivity contribution is -0.153. The zero-order chi connectivity index (χ0) is 18.4. The van der Waals surface area contributed by atoms with Crippen molar-refractivity contribution in [1.82, 2.24) is 5.32 Å². The minimum absolute atomic E-state index is 0.0942. The first-order chi connectivity index (χ1) is 11.7. The number of ether oxygens (including phenoxy) is 1. The third kappa shape index (κ3) is 6.53. The maximum Gasteiger partial charge on any atom is 0.422 e. The Balaban J connectivity index is 1.97. The number of hydrogen-bond donors (Lipinski definition) is 2. The predicted octanol–water partition coefficient (Wildman–Crippen LogP) is 3.73. The Morgan fingerprint density at radius 3 is 2.84 bits per heavy atom. The van der Waals surface area contributed by atoms with E-state index in [1.165, 1.54) is 0 Å². The van der Waals surface area contributed by atoms with Gasteiger partial charge < -0.3 is 15.4 Å². The molecule has 1 aromatic rings. The lowest BCUT2D eigenvalue weighted by Gasteiger charge is -2.28. The van der Waals surface area contributed by atoms with E-state index in [4.69, 9.17) is 0 Å². The topological polar surface area (TPSA) is 50.4 Å². The molecule has 0 aliphatic carbocycles. The molecular formula is C17H22F4N2O2. The Morgan fingerprint density at radius 1 is 1.44 bits per heavy atom. The van der Waals surface area contributed by atoms with Crippen LogP contribution in [0.3, 0.4) is 0 Å². The van der Waals surface area contributed by atoms with Gasteiger partial charge in [0.05, 0.1) is 5.69 Å². The van der Waals surface area contributed by atoms with Crippen molar-refractivity contribution in [1.29, 1.82) is 0 Å². The van der Waals surface area contributed by atoms with E-state index in [0.717, 1.165) is 44.1 Å². The Hall–Kier alpha value is -1.83. The van der Waals surface area contributed by atoms with E-state index in [1.54, 1.807) is 0 Å². The molecule has 1 aromatic carbocycles. The van der Waals surface area contributed by atoms with E-state index in [1.807, 2.05) is 6.92 Å². The molecule has 2 N–H and O–H groups in total. The summed E-state index contributed by atoms with van der Waals surface area (Å²) in [6.07, 6.45) is -2.23. The van der Waals surface area contributed by atoms with Crippen molar-refractivity contribution in [3.05, 3.63) is 24.0 Å². The van der Waals surface area contributed by atoms with E-state index < -0.39 is 18.6 Å². The molecule has 2 atom stereocenters. The summed E-state index contributed by atoms with van der Waals surface area (Å²) in [7, 11) is 0. The van der Waals surface area contributed by atoms with Gasteiger partial charge in [0.2, 0.25) is 5.91 Å². The summed E-state index contributed by atoms with van der Waals surface area (Å²) >= 11 is 0. The molecule has 0 saturated carbocycles. The molecule has 4 nitrogen and oxygen atoms in total. The fourth-order valence-electron chi connectivity index (χ4n) is 2.91. The standard InChI is InChI=1S/C17H22F4N2O2/c1-11(12-3-2-6-22-9-12)7-16(24)23-14-8-13(18)4-5-15(14)25-10-17(19,20)21/h4-5,8,11-12,22H,2-3,6-7,9-10H2,1H3,(H,23,24). The molecule has 2 rings (SSSR count). The first-order valence-corrected chi connectivity index (χ1v) is 8.24. The van der Waals surface area contributed by atoms with Gasteiger partial charge in [-0.1, -0.05) is 6.92 Å². The van der Waals surface area contributed by atoms with E-state index in [0.29, 0.717) is 5.92 Å². The predicted molar refractivity (Wildman–Crippen MR) is 86.0 cm³/mol. The second-order valence-corrected chi connectivity index (χ2v) is 6.38. The van der Waals surface area contributed by atoms with Gasteiger partial charge in [-0.3, -0.25) is 4.79 Å². The zero-order valence-electron chi connectivity index (χ0n) is 14.0.